The number of fused-ring (bicyclic) bond motifs is 1. The summed E-state index contributed by atoms with van der Waals surface area (Å²) in [5.74, 6) is 0. The maximum Gasteiger partial charge on any atom is 0.0455 e. The van der Waals surface area contributed by atoms with Crippen LogP contribution < -0.4 is 5.32 Å². The van der Waals surface area contributed by atoms with Crippen LogP contribution in [-0.4, -0.2) is 4.98 Å². The van der Waals surface area contributed by atoms with Crippen LogP contribution in [0.2, 0.25) is 0 Å². The average molecular weight is 250 g/mol. The number of aromatic amines is 1. The van der Waals surface area contributed by atoms with E-state index in [1.54, 1.807) is 0 Å². The first kappa shape index (κ1) is 11.8. The number of aryl methyl sites for hydroxylation is 2. The van der Waals surface area contributed by atoms with Gasteiger partial charge in [0.05, 0.1) is 0 Å². The van der Waals surface area contributed by atoms with E-state index in [0.717, 1.165) is 12.2 Å². The fraction of sp³-hybridized carbons (Fsp3) is 0.176. The SMILES string of the molecule is Cc1ccc(CNc2ccc3[nH]ccc3c2)c(C)c1. The van der Waals surface area contributed by atoms with E-state index in [1.807, 2.05) is 6.20 Å². The van der Waals surface area contributed by atoms with Gasteiger partial charge in [0.2, 0.25) is 0 Å². The summed E-state index contributed by atoms with van der Waals surface area (Å²) in [6.07, 6.45) is 1.97. The van der Waals surface area contributed by atoms with E-state index < -0.39 is 0 Å². The van der Waals surface area contributed by atoms with Gasteiger partial charge in [0, 0.05) is 29.3 Å². The van der Waals surface area contributed by atoms with E-state index in [9.17, 15) is 0 Å². The Morgan fingerprint density at radius 2 is 1.89 bits per heavy atom. The molecule has 1 aromatic heterocycles. The van der Waals surface area contributed by atoms with Crippen LogP contribution in [0, 0.1) is 13.8 Å². The summed E-state index contributed by atoms with van der Waals surface area (Å²) in [6.45, 7) is 5.16. The molecule has 0 saturated carbocycles. The molecule has 0 radical (unpaired) electrons. The molecule has 0 saturated heterocycles. The quantitative estimate of drug-likeness (QED) is 0.708. The van der Waals surface area contributed by atoms with Crippen molar-refractivity contribution in [2.75, 3.05) is 5.32 Å². The van der Waals surface area contributed by atoms with Crippen molar-refractivity contribution in [1.82, 2.24) is 4.98 Å². The summed E-state index contributed by atoms with van der Waals surface area (Å²) < 4.78 is 0. The molecule has 19 heavy (non-hydrogen) atoms. The maximum atomic E-state index is 3.49. The smallest absolute Gasteiger partial charge is 0.0455 e. The second-order valence-corrected chi connectivity index (χ2v) is 5.06. The van der Waals surface area contributed by atoms with Crippen molar-refractivity contribution in [2.24, 2.45) is 0 Å². The third-order valence-corrected chi connectivity index (χ3v) is 3.53. The maximum absolute atomic E-state index is 3.49. The van der Waals surface area contributed by atoms with Crippen LogP contribution in [-0.2, 0) is 6.54 Å². The van der Waals surface area contributed by atoms with Crippen LogP contribution in [0.1, 0.15) is 16.7 Å². The summed E-state index contributed by atoms with van der Waals surface area (Å²) in [7, 11) is 0. The van der Waals surface area contributed by atoms with Crippen LogP contribution >= 0.6 is 0 Å². The van der Waals surface area contributed by atoms with Crippen LogP contribution in [0.3, 0.4) is 0 Å². The summed E-state index contributed by atoms with van der Waals surface area (Å²) in [5.41, 5.74) is 6.34. The van der Waals surface area contributed by atoms with Crippen LogP contribution in [0.25, 0.3) is 10.9 Å². The van der Waals surface area contributed by atoms with E-state index in [-0.39, 0.29) is 0 Å². The topological polar surface area (TPSA) is 27.8 Å². The fourth-order valence-corrected chi connectivity index (χ4v) is 2.40. The van der Waals surface area contributed by atoms with E-state index in [0.29, 0.717) is 0 Å². The minimum Gasteiger partial charge on any atom is -0.381 e. The zero-order valence-corrected chi connectivity index (χ0v) is 11.3. The Hall–Kier alpha value is -2.22. The minimum atomic E-state index is 0.863. The summed E-state index contributed by atoms with van der Waals surface area (Å²) in [6, 6.07) is 15.1. The fourth-order valence-electron chi connectivity index (χ4n) is 2.40. The number of aromatic nitrogens is 1. The molecule has 1 heterocycles. The highest BCUT2D eigenvalue weighted by atomic mass is 14.9. The Morgan fingerprint density at radius 3 is 2.74 bits per heavy atom. The number of nitrogens with one attached hydrogen (secondary N) is 2. The summed E-state index contributed by atoms with van der Waals surface area (Å²) in [5, 5.41) is 4.73. The molecular formula is C17H18N2. The third kappa shape index (κ3) is 2.48. The Bertz CT molecular complexity index is 710. The average Bonchev–Trinajstić information content (AvgIpc) is 2.85. The predicted octanol–water partition coefficient (Wildman–Crippen LogP) is 4.40. The van der Waals surface area contributed by atoms with Gasteiger partial charge in [0.15, 0.2) is 0 Å². The highest BCUT2D eigenvalue weighted by Gasteiger charge is 2.00. The molecule has 0 aliphatic heterocycles. The summed E-state index contributed by atoms with van der Waals surface area (Å²) in [4.78, 5) is 3.21. The largest absolute Gasteiger partial charge is 0.381 e. The van der Waals surface area contributed by atoms with Crippen molar-refractivity contribution in [3.63, 3.8) is 0 Å². The van der Waals surface area contributed by atoms with Crippen LogP contribution in [0.5, 0.6) is 0 Å². The van der Waals surface area contributed by atoms with Gasteiger partial charge in [-0.3, -0.25) is 0 Å². The third-order valence-electron chi connectivity index (χ3n) is 3.53. The molecule has 96 valence electrons. The van der Waals surface area contributed by atoms with Gasteiger partial charge in [0.1, 0.15) is 0 Å². The molecule has 0 aliphatic carbocycles. The van der Waals surface area contributed by atoms with E-state index >= 15 is 0 Å². The van der Waals surface area contributed by atoms with Gasteiger partial charge in [-0.1, -0.05) is 23.8 Å². The van der Waals surface area contributed by atoms with Gasteiger partial charge in [-0.05, 0) is 49.2 Å². The van der Waals surface area contributed by atoms with Crippen LogP contribution in [0.15, 0.2) is 48.7 Å². The van der Waals surface area contributed by atoms with Crippen molar-refractivity contribution >= 4 is 16.6 Å². The van der Waals surface area contributed by atoms with Gasteiger partial charge >= 0.3 is 0 Å². The molecule has 2 N–H and O–H groups in total. The molecule has 2 nitrogen and oxygen atoms in total. The Balaban J connectivity index is 1.77. The molecule has 0 bridgehead atoms. The molecule has 0 fully saturated rings. The van der Waals surface area contributed by atoms with Crippen molar-refractivity contribution in [3.05, 3.63) is 65.4 Å². The predicted molar refractivity (Wildman–Crippen MR) is 81.5 cm³/mol. The Kier molecular flexibility index (Phi) is 3.00. The van der Waals surface area contributed by atoms with Gasteiger partial charge < -0.3 is 10.3 Å². The first-order valence-corrected chi connectivity index (χ1v) is 6.59. The molecule has 3 aromatic rings. The molecule has 0 spiro atoms. The van der Waals surface area contributed by atoms with E-state index in [1.165, 1.54) is 27.6 Å². The molecule has 2 aromatic carbocycles. The zero-order valence-electron chi connectivity index (χ0n) is 11.3. The van der Waals surface area contributed by atoms with Gasteiger partial charge in [-0.25, -0.2) is 0 Å². The standard InChI is InChI=1S/C17H18N2/c1-12-3-4-15(13(2)9-12)11-19-16-5-6-17-14(10-16)7-8-18-17/h3-10,18-19H,11H2,1-2H3. The molecule has 0 amide bonds. The second kappa shape index (κ2) is 4.81. The molecule has 0 aliphatic rings. The number of benzene rings is 2. The number of hydrogen-bond donors (Lipinski definition) is 2. The molecule has 3 rings (SSSR count). The normalized spacial score (nSPS) is 10.8. The molecule has 2 heteroatoms. The van der Waals surface area contributed by atoms with Crippen molar-refractivity contribution in [2.45, 2.75) is 20.4 Å². The lowest BCUT2D eigenvalue weighted by atomic mass is 10.1. The first-order chi connectivity index (χ1) is 9.22. The zero-order chi connectivity index (χ0) is 13.2. The van der Waals surface area contributed by atoms with Crippen LogP contribution in [0.4, 0.5) is 5.69 Å². The first-order valence-electron chi connectivity index (χ1n) is 6.59. The lowest BCUT2D eigenvalue weighted by Gasteiger charge is -2.10. The highest BCUT2D eigenvalue weighted by Crippen LogP contribution is 2.19. The van der Waals surface area contributed by atoms with Crippen molar-refractivity contribution < 1.29 is 0 Å². The minimum absolute atomic E-state index is 0.863. The summed E-state index contributed by atoms with van der Waals surface area (Å²) >= 11 is 0. The lowest BCUT2D eigenvalue weighted by molar-refractivity contribution is 1.11. The monoisotopic (exact) mass is 250 g/mol. The number of rotatable bonds is 3. The van der Waals surface area contributed by atoms with Gasteiger partial charge in [-0.15, -0.1) is 0 Å². The number of anilines is 1. The molecular weight excluding hydrogens is 232 g/mol. The lowest BCUT2D eigenvalue weighted by Crippen LogP contribution is -2.01. The number of H-pyrrole nitrogens is 1. The number of hydrogen-bond acceptors (Lipinski definition) is 1. The van der Waals surface area contributed by atoms with Gasteiger partial charge in [0.25, 0.3) is 0 Å². The van der Waals surface area contributed by atoms with E-state index in [4.69, 9.17) is 0 Å². The van der Waals surface area contributed by atoms with Crippen molar-refractivity contribution in [1.29, 1.82) is 0 Å². The van der Waals surface area contributed by atoms with Crippen molar-refractivity contribution in [3.8, 4) is 0 Å². The Labute approximate surface area is 113 Å². The van der Waals surface area contributed by atoms with E-state index in [2.05, 4.69) is 66.6 Å². The Morgan fingerprint density at radius 1 is 1.00 bits per heavy atom. The highest BCUT2D eigenvalue weighted by molar-refractivity contribution is 5.82. The second-order valence-electron chi connectivity index (χ2n) is 5.06. The molecule has 0 atom stereocenters. The molecule has 0 unspecified atom stereocenters. The van der Waals surface area contributed by atoms with Gasteiger partial charge in [-0.2, -0.15) is 0 Å².